The number of fused-ring (bicyclic) bond motifs is 1. The molecule has 22 heavy (non-hydrogen) atoms. The lowest BCUT2D eigenvalue weighted by atomic mass is 10.1. The predicted molar refractivity (Wildman–Crippen MR) is 88.9 cm³/mol. The van der Waals surface area contributed by atoms with Crippen LogP contribution in [0.3, 0.4) is 0 Å². The molecular weight excluding hydrogens is 322 g/mol. The molecule has 116 valence electrons. The van der Waals surface area contributed by atoms with E-state index in [1.807, 2.05) is 23.6 Å². The van der Waals surface area contributed by atoms with Gasteiger partial charge in [-0.2, -0.15) is 4.99 Å². The molecule has 0 fully saturated rings. The molecule has 9 heteroatoms. The summed E-state index contributed by atoms with van der Waals surface area (Å²) in [7, 11) is -3.23. The lowest BCUT2D eigenvalue weighted by molar-refractivity contribution is 0.598. The Morgan fingerprint density at radius 3 is 2.86 bits per heavy atom. The first-order valence-corrected chi connectivity index (χ1v) is 9.23. The van der Waals surface area contributed by atoms with Crippen LogP contribution in [0.4, 0.5) is 10.8 Å². The Balaban J connectivity index is 1.96. The molecule has 1 aromatic heterocycles. The predicted octanol–water partition coefficient (Wildman–Crippen LogP) is 1.04. The normalized spacial score (nSPS) is 14.0. The van der Waals surface area contributed by atoms with Gasteiger partial charge in [-0.15, -0.1) is 11.3 Å². The number of anilines is 1. The van der Waals surface area contributed by atoms with E-state index >= 15 is 0 Å². The molecule has 0 atom stereocenters. The zero-order valence-electron chi connectivity index (χ0n) is 11.9. The monoisotopic (exact) mass is 337 g/mol. The molecule has 4 N–H and O–H groups in total. The molecule has 2 aromatic rings. The van der Waals surface area contributed by atoms with E-state index in [0.717, 1.165) is 22.5 Å². The third-order valence-corrected chi connectivity index (χ3v) is 5.26. The number of rotatable bonds is 3. The van der Waals surface area contributed by atoms with Gasteiger partial charge >= 0.3 is 0 Å². The topological polar surface area (TPSA) is 115 Å². The van der Waals surface area contributed by atoms with Crippen molar-refractivity contribution in [3.05, 3.63) is 29.1 Å². The number of sulfonamides is 1. The SMILES string of the molecule is CS(=O)(=O)N1CCc2cc(-c3csc(N=C(N)N)n3)ccc21. The average molecular weight is 337 g/mol. The van der Waals surface area contributed by atoms with Crippen molar-refractivity contribution < 1.29 is 8.42 Å². The number of benzene rings is 1. The van der Waals surface area contributed by atoms with Crippen LogP contribution in [0.25, 0.3) is 11.3 Å². The maximum atomic E-state index is 11.7. The van der Waals surface area contributed by atoms with Gasteiger partial charge in [0.2, 0.25) is 15.2 Å². The fraction of sp³-hybridized carbons (Fsp3) is 0.231. The number of hydrogen-bond acceptors (Lipinski definition) is 5. The van der Waals surface area contributed by atoms with E-state index in [9.17, 15) is 8.42 Å². The van der Waals surface area contributed by atoms with Crippen molar-refractivity contribution >= 4 is 38.1 Å². The minimum absolute atomic E-state index is 0.0290. The van der Waals surface area contributed by atoms with Crippen molar-refractivity contribution in [1.82, 2.24) is 4.98 Å². The first kappa shape index (κ1) is 14.8. The number of aliphatic imine (C=N–C) groups is 1. The molecule has 0 saturated heterocycles. The third kappa shape index (κ3) is 2.77. The van der Waals surface area contributed by atoms with Gasteiger partial charge in [-0.3, -0.25) is 4.31 Å². The lowest BCUT2D eigenvalue weighted by Crippen LogP contribution is -2.27. The maximum Gasteiger partial charge on any atom is 0.232 e. The molecule has 1 aliphatic rings. The van der Waals surface area contributed by atoms with E-state index in [-0.39, 0.29) is 5.96 Å². The number of nitrogens with zero attached hydrogens (tertiary/aromatic N) is 3. The van der Waals surface area contributed by atoms with E-state index in [1.54, 1.807) is 0 Å². The van der Waals surface area contributed by atoms with Crippen molar-refractivity contribution in [3.8, 4) is 11.3 Å². The summed E-state index contributed by atoms with van der Waals surface area (Å²) in [5.74, 6) is -0.0290. The van der Waals surface area contributed by atoms with Gasteiger partial charge in [-0.25, -0.2) is 13.4 Å². The number of hydrogen-bond donors (Lipinski definition) is 2. The summed E-state index contributed by atoms with van der Waals surface area (Å²) in [5, 5.41) is 2.36. The Morgan fingerprint density at radius 2 is 2.18 bits per heavy atom. The molecule has 7 nitrogen and oxygen atoms in total. The second-order valence-electron chi connectivity index (χ2n) is 4.98. The average Bonchev–Trinajstić information content (AvgIpc) is 3.02. The zero-order chi connectivity index (χ0) is 15.9. The maximum absolute atomic E-state index is 11.7. The fourth-order valence-electron chi connectivity index (χ4n) is 2.43. The summed E-state index contributed by atoms with van der Waals surface area (Å²) in [4.78, 5) is 8.27. The highest BCUT2D eigenvalue weighted by atomic mass is 32.2. The second kappa shape index (κ2) is 5.25. The Hall–Kier alpha value is -2.13. The van der Waals surface area contributed by atoms with Gasteiger partial charge in [0.1, 0.15) is 0 Å². The summed E-state index contributed by atoms with van der Waals surface area (Å²) < 4.78 is 24.9. The van der Waals surface area contributed by atoms with E-state index in [1.165, 1.54) is 21.9 Å². The minimum Gasteiger partial charge on any atom is -0.370 e. The van der Waals surface area contributed by atoms with Gasteiger partial charge in [0.15, 0.2) is 5.96 Å². The van der Waals surface area contributed by atoms with E-state index < -0.39 is 10.0 Å². The molecule has 0 spiro atoms. The molecular formula is C13H15N5O2S2. The Bertz CT molecular complexity index is 853. The minimum atomic E-state index is -3.23. The lowest BCUT2D eigenvalue weighted by Gasteiger charge is -2.16. The molecule has 1 aromatic carbocycles. The smallest absolute Gasteiger partial charge is 0.232 e. The number of nitrogens with two attached hydrogens (primary N) is 2. The molecule has 0 bridgehead atoms. The van der Waals surface area contributed by atoms with Crippen LogP contribution >= 0.6 is 11.3 Å². The number of thiazole rings is 1. The summed E-state index contributed by atoms with van der Waals surface area (Å²) in [6, 6.07) is 5.64. The van der Waals surface area contributed by atoms with Gasteiger partial charge in [-0.05, 0) is 24.1 Å². The van der Waals surface area contributed by atoms with Crippen LogP contribution in [0.2, 0.25) is 0 Å². The number of aromatic nitrogens is 1. The Labute approximate surface area is 132 Å². The standard InChI is InChI=1S/C13H15N5O2S2/c1-22(19,20)18-5-4-9-6-8(2-3-11(9)18)10-7-21-13(16-10)17-12(14)15/h2-3,6-7H,4-5H2,1H3,(H4,14,15,16,17). The zero-order valence-corrected chi connectivity index (χ0v) is 13.5. The van der Waals surface area contributed by atoms with Gasteiger partial charge in [-0.1, -0.05) is 6.07 Å². The van der Waals surface area contributed by atoms with Crippen LogP contribution in [0, 0.1) is 0 Å². The van der Waals surface area contributed by atoms with E-state index in [2.05, 4.69) is 9.98 Å². The summed E-state index contributed by atoms with van der Waals surface area (Å²) >= 11 is 1.35. The van der Waals surface area contributed by atoms with Gasteiger partial charge in [0, 0.05) is 17.5 Å². The van der Waals surface area contributed by atoms with Crippen LogP contribution in [-0.2, 0) is 16.4 Å². The molecule has 1 aliphatic heterocycles. The fourth-order valence-corrected chi connectivity index (χ4v) is 4.11. The Morgan fingerprint density at radius 1 is 1.41 bits per heavy atom. The summed E-state index contributed by atoms with van der Waals surface area (Å²) in [6.45, 7) is 0.480. The number of guanidine groups is 1. The molecule has 2 heterocycles. The van der Waals surface area contributed by atoms with Gasteiger partial charge < -0.3 is 11.5 Å². The third-order valence-electron chi connectivity index (χ3n) is 3.35. The summed E-state index contributed by atoms with van der Waals surface area (Å²) in [5.41, 5.74) is 14.1. The summed E-state index contributed by atoms with van der Waals surface area (Å²) in [6.07, 6.45) is 1.92. The van der Waals surface area contributed by atoms with Crippen LogP contribution in [0.15, 0.2) is 28.6 Å². The van der Waals surface area contributed by atoms with Crippen molar-refractivity contribution in [3.63, 3.8) is 0 Å². The van der Waals surface area contributed by atoms with Crippen molar-refractivity contribution in [1.29, 1.82) is 0 Å². The van der Waals surface area contributed by atoms with Gasteiger partial charge in [0.05, 0.1) is 17.6 Å². The van der Waals surface area contributed by atoms with E-state index in [4.69, 9.17) is 11.5 Å². The Kier molecular flexibility index (Phi) is 3.53. The van der Waals surface area contributed by atoms with Crippen LogP contribution in [-0.4, -0.2) is 32.2 Å². The van der Waals surface area contributed by atoms with Crippen LogP contribution in [0.5, 0.6) is 0 Å². The molecule has 0 radical (unpaired) electrons. The molecule has 0 aliphatic carbocycles. The van der Waals surface area contributed by atoms with Crippen molar-refractivity contribution in [2.75, 3.05) is 17.1 Å². The molecule has 0 amide bonds. The quantitative estimate of drug-likeness (QED) is 0.641. The largest absolute Gasteiger partial charge is 0.370 e. The van der Waals surface area contributed by atoms with Gasteiger partial charge in [0.25, 0.3) is 0 Å². The highest BCUT2D eigenvalue weighted by Gasteiger charge is 2.26. The molecule has 0 unspecified atom stereocenters. The van der Waals surface area contributed by atoms with Crippen LogP contribution in [0.1, 0.15) is 5.56 Å². The molecule has 3 rings (SSSR count). The molecule has 0 saturated carbocycles. The highest BCUT2D eigenvalue weighted by molar-refractivity contribution is 7.92. The van der Waals surface area contributed by atoms with Crippen molar-refractivity contribution in [2.45, 2.75) is 6.42 Å². The second-order valence-corrected chi connectivity index (χ2v) is 7.72. The van der Waals surface area contributed by atoms with Crippen LogP contribution < -0.4 is 15.8 Å². The van der Waals surface area contributed by atoms with Crippen molar-refractivity contribution in [2.24, 2.45) is 16.5 Å². The highest BCUT2D eigenvalue weighted by Crippen LogP contribution is 2.34. The van der Waals surface area contributed by atoms with E-state index in [0.29, 0.717) is 18.1 Å². The first-order chi connectivity index (χ1) is 10.3. The first-order valence-electron chi connectivity index (χ1n) is 6.51.